The van der Waals surface area contributed by atoms with E-state index >= 15 is 0 Å². The number of nitrogens with zero attached hydrogens (tertiary/aromatic N) is 3. The standard InChI is InChI=1S/C15H10ClN3O3S/c1-9-2-7-13(12(8-9)19(20)21)23-15-18-17-14(22-15)10-3-5-11(16)6-4-10/h2-8H,1H3. The molecule has 1 heterocycles. The summed E-state index contributed by atoms with van der Waals surface area (Å²) in [5, 5.41) is 19.9. The number of benzene rings is 2. The van der Waals surface area contributed by atoms with Crippen LogP contribution < -0.4 is 0 Å². The fourth-order valence-corrected chi connectivity index (χ4v) is 2.80. The van der Waals surface area contributed by atoms with Gasteiger partial charge in [0.15, 0.2) is 0 Å². The van der Waals surface area contributed by atoms with Gasteiger partial charge in [-0.25, -0.2) is 0 Å². The number of hydrogen-bond acceptors (Lipinski definition) is 6. The number of hydrogen-bond donors (Lipinski definition) is 0. The van der Waals surface area contributed by atoms with Gasteiger partial charge in [0.1, 0.15) is 0 Å². The predicted octanol–water partition coefficient (Wildman–Crippen LogP) is 4.76. The van der Waals surface area contributed by atoms with Crippen LogP contribution in [0.25, 0.3) is 11.5 Å². The van der Waals surface area contributed by atoms with Crippen molar-refractivity contribution in [1.82, 2.24) is 10.2 Å². The van der Waals surface area contributed by atoms with Crippen LogP contribution in [0, 0.1) is 17.0 Å². The lowest BCUT2D eigenvalue weighted by Crippen LogP contribution is -1.91. The number of nitro groups is 1. The van der Waals surface area contributed by atoms with Crippen LogP contribution in [0.3, 0.4) is 0 Å². The van der Waals surface area contributed by atoms with Gasteiger partial charge in [-0.15, -0.1) is 10.2 Å². The average Bonchev–Trinajstić information content (AvgIpc) is 2.98. The molecule has 1 aromatic heterocycles. The van der Waals surface area contributed by atoms with Crippen molar-refractivity contribution in [3.63, 3.8) is 0 Å². The fourth-order valence-electron chi connectivity index (χ4n) is 1.91. The highest BCUT2D eigenvalue weighted by Crippen LogP contribution is 2.35. The molecule has 23 heavy (non-hydrogen) atoms. The quantitative estimate of drug-likeness (QED) is 0.500. The molecule has 0 fully saturated rings. The number of aromatic nitrogens is 2. The lowest BCUT2D eigenvalue weighted by molar-refractivity contribution is -0.387. The second-order valence-electron chi connectivity index (χ2n) is 4.71. The third kappa shape index (κ3) is 3.52. The van der Waals surface area contributed by atoms with Crippen LogP contribution in [-0.4, -0.2) is 15.1 Å². The van der Waals surface area contributed by atoms with Gasteiger partial charge in [-0.3, -0.25) is 10.1 Å². The molecule has 0 radical (unpaired) electrons. The number of rotatable bonds is 4. The zero-order valence-corrected chi connectivity index (χ0v) is 13.5. The molecular weight excluding hydrogens is 338 g/mol. The van der Waals surface area contributed by atoms with E-state index in [1.807, 2.05) is 0 Å². The molecule has 3 rings (SSSR count). The Kier molecular flexibility index (Phi) is 4.31. The summed E-state index contributed by atoms with van der Waals surface area (Å²) in [6.07, 6.45) is 0. The van der Waals surface area contributed by atoms with Crippen molar-refractivity contribution in [1.29, 1.82) is 0 Å². The summed E-state index contributed by atoms with van der Waals surface area (Å²) in [7, 11) is 0. The SMILES string of the molecule is Cc1ccc(Sc2nnc(-c3ccc(Cl)cc3)o2)c([N+](=O)[O-])c1. The zero-order valence-electron chi connectivity index (χ0n) is 11.9. The van der Waals surface area contributed by atoms with E-state index in [-0.39, 0.29) is 10.9 Å². The normalized spacial score (nSPS) is 10.7. The fraction of sp³-hybridized carbons (Fsp3) is 0.0667. The molecule has 0 aliphatic heterocycles. The number of nitro benzene ring substituents is 1. The van der Waals surface area contributed by atoms with Crippen molar-refractivity contribution < 1.29 is 9.34 Å². The third-order valence-electron chi connectivity index (χ3n) is 3.01. The topological polar surface area (TPSA) is 82.1 Å². The largest absolute Gasteiger partial charge is 0.411 e. The molecular formula is C15H10ClN3O3S. The van der Waals surface area contributed by atoms with E-state index in [9.17, 15) is 10.1 Å². The lowest BCUT2D eigenvalue weighted by atomic mass is 10.2. The second kappa shape index (κ2) is 6.39. The van der Waals surface area contributed by atoms with Crippen LogP contribution in [0.5, 0.6) is 0 Å². The molecule has 0 bridgehead atoms. The maximum Gasteiger partial charge on any atom is 0.283 e. The third-order valence-corrected chi connectivity index (χ3v) is 4.16. The monoisotopic (exact) mass is 347 g/mol. The van der Waals surface area contributed by atoms with Gasteiger partial charge in [-0.1, -0.05) is 17.7 Å². The molecule has 3 aromatic rings. The van der Waals surface area contributed by atoms with Crippen molar-refractivity contribution >= 4 is 29.1 Å². The molecule has 0 amide bonds. The highest BCUT2D eigenvalue weighted by Gasteiger charge is 2.18. The highest BCUT2D eigenvalue weighted by atomic mass is 35.5. The first-order valence-electron chi connectivity index (χ1n) is 6.55. The minimum absolute atomic E-state index is 0.0150. The minimum Gasteiger partial charge on any atom is -0.411 e. The number of halogens is 1. The summed E-state index contributed by atoms with van der Waals surface area (Å²) in [4.78, 5) is 11.2. The van der Waals surface area contributed by atoms with E-state index in [4.69, 9.17) is 16.0 Å². The summed E-state index contributed by atoms with van der Waals surface area (Å²) in [6, 6.07) is 11.9. The highest BCUT2D eigenvalue weighted by molar-refractivity contribution is 7.99. The first-order chi connectivity index (χ1) is 11.0. The van der Waals surface area contributed by atoms with Gasteiger partial charge in [0.25, 0.3) is 10.9 Å². The summed E-state index contributed by atoms with van der Waals surface area (Å²) >= 11 is 6.90. The van der Waals surface area contributed by atoms with Crippen molar-refractivity contribution in [3.05, 3.63) is 63.2 Å². The average molecular weight is 348 g/mol. The van der Waals surface area contributed by atoms with Crippen LogP contribution in [0.15, 0.2) is 57.0 Å². The van der Waals surface area contributed by atoms with Gasteiger partial charge in [-0.2, -0.15) is 0 Å². The Bertz CT molecular complexity index is 865. The van der Waals surface area contributed by atoms with E-state index < -0.39 is 4.92 Å². The Balaban J connectivity index is 1.87. The number of aryl methyl sites for hydroxylation is 1. The predicted molar refractivity (Wildman–Crippen MR) is 86.7 cm³/mol. The van der Waals surface area contributed by atoms with Crippen molar-refractivity contribution in [2.45, 2.75) is 17.0 Å². The van der Waals surface area contributed by atoms with Gasteiger partial charge in [-0.05, 0) is 54.6 Å². The van der Waals surface area contributed by atoms with E-state index in [0.29, 0.717) is 15.8 Å². The Morgan fingerprint density at radius 3 is 2.61 bits per heavy atom. The Morgan fingerprint density at radius 1 is 1.17 bits per heavy atom. The molecule has 0 atom stereocenters. The molecule has 0 aliphatic rings. The van der Waals surface area contributed by atoms with Crippen LogP contribution in [0.2, 0.25) is 5.02 Å². The van der Waals surface area contributed by atoms with E-state index in [1.54, 1.807) is 43.3 Å². The van der Waals surface area contributed by atoms with Gasteiger partial charge in [0, 0.05) is 16.7 Å². The summed E-state index contributed by atoms with van der Waals surface area (Å²) in [5.41, 5.74) is 1.56. The first kappa shape index (κ1) is 15.5. The summed E-state index contributed by atoms with van der Waals surface area (Å²) < 4.78 is 5.55. The smallest absolute Gasteiger partial charge is 0.283 e. The van der Waals surface area contributed by atoms with Crippen molar-refractivity contribution in [2.75, 3.05) is 0 Å². The molecule has 0 unspecified atom stereocenters. The molecule has 116 valence electrons. The van der Waals surface area contributed by atoms with Gasteiger partial charge in [0.05, 0.1) is 9.82 Å². The van der Waals surface area contributed by atoms with Gasteiger partial charge < -0.3 is 4.42 Å². The molecule has 2 aromatic carbocycles. The van der Waals surface area contributed by atoms with Crippen LogP contribution in [0.1, 0.15) is 5.56 Å². The summed E-state index contributed by atoms with van der Waals surface area (Å²) in [6.45, 7) is 1.80. The molecule has 0 spiro atoms. The Hall–Kier alpha value is -2.38. The minimum atomic E-state index is -0.425. The Labute approximate surface area is 140 Å². The Morgan fingerprint density at radius 2 is 1.91 bits per heavy atom. The molecule has 0 N–H and O–H groups in total. The van der Waals surface area contributed by atoms with Crippen molar-refractivity contribution in [2.24, 2.45) is 0 Å². The van der Waals surface area contributed by atoms with Crippen LogP contribution in [-0.2, 0) is 0 Å². The van der Waals surface area contributed by atoms with Crippen LogP contribution in [0.4, 0.5) is 5.69 Å². The van der Waals surface area contributed by atoms with Gasteiger partial charge in [0.2, 0.25) is 5.89 Å². The van der Waals surface area contributed by atoms with Crippen molar-refractivity contribution in [3.8, 4) is 11.5 Å². The van der Waals surface area contributed by atoms with E-state index in [2.05, 4.69) is 10.2 Å². The molecule has 6 nitrogen and oxygen atoms in total. The lowest BCUT2D eigenvalue weighted by Gasteiger charge is -2.00. The van der Waals surface area contributed by atoms with Gasteiger partial charge >= 0.3 is 0 Å². The van der Waals surface area contributed by atoms with E-state index in [1.165, 1.54) is 6.07 Å². The molecule has 8 heteroatoms. The second-order valence-corrected chi connectivity index (χ2v) is 6.14. The summed E-state index contributed by atoms with van der Waals surface area (Å²) in [5.74, 6) is 0.332. The zero-order chi connectivity index (χ0) is 16.4. The maximum absolute atomic E-state index is 11.1. The molecule has 0 saturated heterocycles. The maximum atomic E-state index is 11.1. The van der Waals surface area contributed by atoms with Crippen LogP contribution >= 0.6 is 23.4 Å². The van der Waals surface area contributed by atoms with E-state index in [0.717, 1.165) is 22.9 Å². The molecule has 0 aliphatic carbocycles. The molecule has 0 saturated carbocycles. The first-order valence-corrected chi connectivity index (χ1v) is 7.75.